The van der Waals surface area contributed by atoms with Gasteiger partial charge in [-0.2, -0.15) is 5.10 Å². The van der Waals surface area contributed by atoms with Gasteiger partial charge >= 0.3 is 5.97 Å². The summed E-state index contributed by atoms with van der Waals surface area (Å²) in [4.78, 5) is 23.1. The SMILES string of the molecule is C=N/C(Cl)=N\C(=C/C)Nc1cc2c(cn1)c(-c1cnn(CC(=O)O)c1)cn2C(C)C. The zero-order chi connectivity index (χ0) is 21.8. The number of halogens is 1. The number of hydrogen-bond donors (Lipinski definition) is 2. The van der Waals surface area contributed by atoms with Crippen LogP contribution in [0.3, 0.4) is 0 Å². The van der Waals surface area contributed by atoms with Crippen LogP contribution in [0.1, 0.15) is 26.8 Å². The Morgan fingerprint density at radius 1 is 1.40 bits per heavy atom. The molecule has 0 aromatic carbocycles. The Balaban J connectivity index is 2.03. The van der Waals surface area contributed by atoms with Gasteiger partial charge in [-0.3, -0.25) is 9.48 Å². The van der Waals surface area contributed by atoms with E-state index in [-0.39, 0.29) is 17.9 Å². The molecule has 0 saturated carbocycles. The van der Waals surface area contributed by atoms with E-state index in [0.717, 1.165) is 22.0 Å². The molecule has 0 spiro atoms. The van der Waals surface area contributed by atoms with Gasteiger partial charge in [0, 0.05) is 47.2 Å². The number of amidine groups is 1. The van der Waals surface area contributed by atoms with Crippen LogP contribution in [0.25, 0.3) is 22.0 Å². The normalized spacial score (nSPS) is 12.6. The molecule has 0 unspecified atom stereocenters. The molecule has 0 aliphatic heterocycles. The minimum atomic E-state index is -0.944. The first kappa shape index (κ1) is 21.3. The van der Waals surface area contributed by atoms with Crippen LogP contribution in [0.5, 0.6) is 0 Å². The van der Waals surface area contributed by atoms with Crippen LogP contribution in [0, 0.1) is 0 Å². The van der Waals surface area contributed by atoms with Crippen LogP contribution >= 0.6 is 11.6 Å². The first-order valence-electron chi connectivity index (χ1n) is 9.21. The minimum absolute atomic E-state index is 0.0305. The molecular weight excluding hydrogens is 406 g/mol. The molecule has 2 N–H and O–H groups in total. The van der Waals surface area contributed by atoms with E-state index in [0.29, 0.717) is 11.6 Å². The highest BCUT2D eigenvalue weighted by Crippen LogP contribution is 2.33. The van der Waals surface area contributed by atoms with E-state index < -0.39 is 5.97 Å². The predicted octanol–water partition coefficient (Wildman–Crippen LogP) is 4.13. The highest BCUT2D eigenvalue weighted by Gasteiger charge is 2.15. The number of nitrogens with zero attached hydrogens (tertiary/aromatic N) is 6. The fourth-order valence-electron chi connectivity index (χ4n) is 3.03. The molecule has 3 aromatic heterocycles. The van der Waals surface area contributed by atoms with Gasteiger partial charge in [0.2, 0.25) is 5.29 Å². The number of aliphatic carboxylic acids is 1. The summed E-state index contributed by atoms with van der Waals surface area (Å²) in [6.07, 6.45) is 8.92. The fraction of sp³-hybridized carbons (Fsp3) is 0.250. The second kappa shape index (κ2) is 8.91. The van der Waals surface area contributed by atoms with E-state index in [1.54, 1.807) is 24.7 Å². The van der Waals surface area contributed by atoms with Gasteiger partial charge in [-0.25, -0.2) is 15.0 Å². The van der Waals surface area contributed by atoms with Crippen molar-refractivity contribution in [3.05, 3.63) is 42.8 Å². The smallest absolute Gasteiger partial charge is 0.325 e. The van der Waals surface area contributed by atoms with Crippen molar-refractivity contribution in [3.63, 3.8) is 0 Å². The lowest BCUT2D eigenvalue weighted by Gasteiger charge is -2.10. The Bertz CT molecular complexity index is 1160. The molecule has 0 fully saturated rings. The van der Waals surface area contributed by atoms with Gasteiger partial charge in [0.1, 0.15) is 18.2 Å². The molecule has 30 heavy (non-hydrogen) atoms. The molecule has 0 aliphatic carbocycles. The summed E-state index contributed by atoms with van der Waals surface area (Å²) < 4.78 is 3.52. The van der Waals surface area contributed by atoms with Crippen LogP contribution < -0.4 is 5.32 Å². The van der Waals surface area contributed by atoms with Crippen LogP contribution in [-0.4, -0.2) is 42.4 Å². The molecule has 3 aromatic rings. The van der Waals surface area contributed by atoms with Gasteiger partial charge in [-0.1, -0.05) is 0 Å². The molecule has 3 heterocycles. The van der Waals surface area contributed by atoms with E-state index in [9.17, 15) is 4.79 Å². The number of aliphatic imine (C=N–C) groups is 2. The van der Waals surface area contributed by atoms with Gasteiger partial charge in [0.05, 0.1) is 11.7 Å². The molecule has 3 rings (SSSR count). The average molecular weight is 428 g/mol. The van der Waals surface area contributed by atoms with Gasteiger partial charge in [-0.05, 0) is 45.2 Å². The van der Waals surface area contributed by atoms with E-state index >= 15 is 0 Å². The zero-order valence-corrected chi connectivity index (χ0v) is 17.6. The van der Waals surface area contributed by atoms with Crippen LogP contribution in [0.2, 0.25) is 0 Å². The number of nitrogens with one attached hydrogen (secondary N) is 1. The third kappa shape index (κ3) is 4.57. The maximum absolute atomic E-state index is 10.9. The lowest BCUT2D eigenvalue weighted by atomic mass is 10.1. The van der Waals surface area contributed by atoms with Crippen molar-refractivity contribution >= 4 is 46.3 Å². The van der Waals surface area contributed by atoms with Crippen molar-refractivity contribution < 1.29 is 9.90 Å². The molecule has 10 heteroatoms. The topological polar surface area (TPSA) is 110 Å². The van der Waals surface area contributed by atoms with Crippen LogP contribution in [0.15, 0.2) is 52.7 Å². The van der Waals surface area contributed by atoms with Crippen molar-refractivity contribution in [1.82, 2.24) is 19.3 Å². The molecule has 0 aliphatic rings. The summed E-state index contributed by atoms with van der Waals surface area (Å²) >= 11 is 5.84. The van der Waals surface area contributed by atoms with E-state index in [2.05, 4.69) is 50.5 Å². The number of rotatable bonds is 7. The summed E-state index contributed by atoms with van der Waals surface area (Å²) in [6.45, 7) is 9.15. The number of anilines is 1. The van der Waals surface area contributed by atoms with E-state index in [4.69, 9.17) is 16.7 Å². The van der Waals surface area contributed by atoms with E-state index in [1.807, 2.05) is 19.2 Å². The third-order valence-corrected chi connectivity index (χ3v) is 4.59. The number of hydrogen-bond acceptors (Lipinski definition) is 5. The number of pyridine rings is 1. The van der Waals surface area contributed by atoms with Crippen LogP contribution in [0.4, 0.5) is 5.82 Å². The van der Waals surface area contributed by atoms with Gasteiger partial charge in [-0.15, -0.1) is 0 Å². The number of fused-ring (bicyclic) bond motifs is 1. The van der Waals surface area contributed by atoms with Crippen molar-refractivity contribution in [3.8, 4) is 11.1 Å². The van der Waals surface area contributed by atoms with Crippen molar-refractivity contribution in [1.29, 1.82) is 0 Å². The Kier molecular flexibility index (Phi) is 6.31. The van der Waals surface area contributed by atoms with Gasteiger partial charge < -0.3 is 15.0 Å². The van der Waals surface area contributed by atoms with Crippen LogP contribution in [-0.2, 0) is 11.3 Å². The second-order valence-electron chi connectivity index (χ2n) is 6.79. The summed E-state index contributed by atoms with van der Waals surface area (Å²) in [5, 5.41) is 17.2. The number of carboxylic acids is 1. The lowest BCUT2D eigenvalue weighted by Crippen LogP contribution is -2.08. The molecule has 0 bridgehead atoms. The quantitative estimate of drug-likeness (QED) is 0.334. The zero-order valence-electron chi connectivity index (χ0n) is 16.9. The average Bonchev–Trinajstić information content (AvgIpc) is 3.30. The monoisotopic (exact) mass is 427 g/mol. The summed E-state index contributed by atoms with van der Waals surface area (Å²) in [6, 6.07) is 2.12. The highest BCUT2D eigenvalue weighted by molar-refractivity contribution is 6.65. The number of carbonyl (C=O) groups is 1. The Labute approximate surface area is 178 Å². The Hall–Kier alpha value is -3.46. The maximum atomic E-state index is 10.9. The number of aromatic nitrogens is 4. The summed E-state index contributed by atoms with van der Waals surface area (Å²) in [5.41, 5.74) is 2.72. The molecule has 0 atom stereocenters. The lowest BCUT2D eigenvalue weighted by molar-refractivity contribution is -0.137. The number of allylic oxidation sites excluding steroid dienone is 1. The Morgan fingerprint density at radius 2 is 2.17 bits per heavy atom. The van der Waals surface area contributed by atoms with Crippen molar-refractivity contribution in [2.45, 2.75) is 33.4 Å². The minimum Gasteiger partial charge on any atom is -0.480 e. The second-order valence-corrected chi connectivity index (χ2v) is 7.13. The molecule has 9 nitrogen and oxygen atoms in total. The van der Waals surface area contributed by atoms with E-state index in [1.165, 1.54) is 4.68 Å². The molecule has 156 valence electrons. The van der Waals surface area contributed by atoms with Gasteiger partial charge in [0.15, 0.2) is 0 Å². The maximum Gasteiger partial charge on any atom is 0.325 e. The molecule has 0 saturated heterocycles. The van der Waals surface area contributed by atoms with Crippen molar-refractivity contribution in [2.24, 2.45) is 9.98 Å². The third-order valence-electron chi connectivity index (χ3n) is 4.39. The summed E-state index contributed by atoms with van der Waals surface area (Å²) in [7, 11) is 0. The largest absolute Gasteiger partial charge is 0.480 e. The highest BCUT2D eigenvalue weighted by atomic mass is 35.5. The molecular formula is C20H22ClN7O2. The fourth-order valence-corrected chi connectivity index (χ4v) is 3.12. The predicted molar refractivity (Wildman–Crippen MR) is 119 cm³/mol. The van der Waals surface area contributed by atoms with Gasteiger partial charge in [0.25, 0.3) is 0 Å². The molecule has 0 radical (unpaired) electrons. The number of carboxylic acid groups (broad SMARTS) is 1. The molecule has 0 amide bonds. The van der Waals surface area contributed by atoms with Crippen molar-refractivity contribution in [2.75, 3.05) is 5.32 Å². The first-order chi connectivity index (χ1) is 14.3. The Morgan fingerprint density at radius 3 is 2.80 bits per heavy atom. The summed E-state index contributed by atoms with van der Waals surface area (Å²) in [5.74, 6) is 0.152. The standard InChI is InChI=1S/C20H22ClN7O2/c1-5-17(26-20(21)22-4)25-18-6-16-14(8-23-18)15(10-28(16)12(2)3)13-7-24-27(9-13)11-19(29)30/h5-10,12H,4,11H2,1-3H3,(H,23,25)(H,29,30)/b17-5-,26-20-. The first-order valence-corrected chi connectivity index (χ1v) is 9.59.